The molecular weight excluding hydrogens is 268 g/mol. The first-order valence-electron chi connectivity index (χ1n) is 7.06. The molecule has 0 bridgehead atoms. The lowest BCUT2D eigenvalue weighted by atomic mass is 10.1. The van der Waals surface area contributed by atoms with Crippen LogP contribution in [0.3, 0.4) is 0 Å². The molecule has 2 amide bonds. The molecule has 0 spiro atoms. The van der Waals surface area contributed by atoms with E-state index in [9.17, 15) is 9.59 Å². The van der Waals surface area contributed by atoms with Crippen LogP contribution in [0.25, 0.3) is 0 Å². The largest absolute Gasteiger partial charge is 0.385 e. The molecule has 5 nitrogen and oxygen atoms in total. The van der Waals surface area contributed by atoms with E-state index in [1.165, 1.54) is 11.8 Å². The number of anilines is 1. The standard InChI is InChI=1S/C16H24N2O3/c1-12-6-7-15(13(2)10-12)18(14(3)19)11-16(20)17-8-5-9-21-4/h6-7,10H,5,8-9,11H2,1-4H3,(H,17,20). The topological polar surface area (TPSA) is 58.6 Å². The van der Waals surface area contributed by atoms with Crippen LogP contribution in [-0.2, 0) is 14.3 Å². The molecular formula is C16H24N2O3. The Kier molecular flexibility index (Phi) is 6.88. The minimum atomic E-state index is -0.165. The third-order valence-electron chi connectivity index (χ3n) is 3.17. The molecule has 0 saturated carbocycles. The molecule has 1 aromatic carbocycles. The molecule has 0 radical (unpaired) electrons. The van der Waals surface area contributed by atoms with E-state index in [4.69, 9.17) is 4.74 Å². The van der Waals surface area contributed by atoms with Gasteiger partial charge in [-0.2, -0.15) is 0 Å². The Balaban J connectivity index is 2.70. The number of amides is 2. The zero-order valence-electron chi connectivity index (χ0n) is 13.2. The van der Waals surface area contributed by atoms with Gasteiger partial charge in [-0.05, 0) is 31.9 Å². The average Bonchev–Trinajstić information content (AvgIpc) is 2.41. The fourth-order valence-corrected chi connectivity index (χ4v) is 2.12. The first kappa shape index (κ1) is 17.2. The van der Waals surface area contributed by atoms with Crippen LogP contribution in [0.1, 0.15) is 24.5 Å². The van der Waals surface area contributed by atoms with Gasteiger partial charge in [0.2, 0.25) is 11.8 Å². The maximum atomic E-state index is 11.9. The molecule has 21 heavy (non-hydrogen) atoms. The molecule has 5 heteroatoms. The van der Waals surface area contributed by atoms with Gasteiger partial charge in [-0.1, -0.05) is 17.7 Å². The van der Waals surface area contributed by atoms with E-state index < -0.39 is 0 Å². The summed E-state index contributed by atoms with van der Waals surface area (Å²) in [6.07, 6.45) is 0.756. The quantitative estimate of drug-likeness (QED) is 0.780. The Labute approximate surface area is 126 Å². The van der Waals surface area contributed by atoms with Crippen molar-refractivity contribution in [2.45, 2.75) is 27.2 Å². The molecule has 1 rings (SSSR count). The minimum absolute atomic E-state index is 0.0339. The summed E-state index contributed by atoms with van der Waals surface area (Å²) in [5.74, 6) is -0.310. The van der Waals surface area contributed by atoms with Gasteiger partial charge in [0.05, 0.1) is 0 Å². The third-order valence-corrected chi connectivity index (χ3v) is 3.17. The maximum absolute atomic E-state index is 11.9. The van der Waals surface area contributed by atoms with Gasteiger partial charge in [-0.3, -0.25) is 9.59 Å². The summed E-state index contributed by atoms with van der Waals surface area (Å²) < 4.78 is 4.92. The molecule has 0 fully saturated rings. The van der Waals surface area contributed by atoms with Gasteiger partial charge < -0.3 is 15.0 Å². The fraction of sp³-hybridized carbons (Fsp3) is 0.500. The van der Waals surface area contributed by atoms with Crippen molar-refractivity contribution in [1.29, 1.82) is 0 Å². The number of rotatable bonds is 7. The molecule has 1 aromatic rings. The van der Waals surface area contributed by atoms with Crippen molar-refractivity contribution in [3.05, 3.63) is 29.3 Å². The summed E-state index contributed by atoms with van der Waals surface area (Å²) in [6.45, 7) is 6.59. The summed E-state index contributed by atoms with van der Waals surface area (Å²) in [4.78, 5) is 25.2. The molecule has 1 N–H and O–H groups in total. The van der Waals surface area contributed by atoms with Gasteiger partial charge >= 0.3 is 0 Å². The van der Waals surface area contributed by atoms with Crippen LogP contribution in [0.4, 0.5) is 5.69 Å². The van der Waals surface area contributed by atoms with E-state index in [0.29, 0.717) is 13.2 Å². The first-order valence-corrected chi connectivity index (χ1v) is 7.06. The molecule has 0 aliphatic carbocycles. The number of methoxy groups -OCH3 is 1. The van der Waals surface area contributed by atoms with E-state index in [2.05, 4.69) is 5.32 Å². The molecule has 0 atom stereocenters. The molecule has 0 heterocycles. The molecule has 116 valence electrons. The molecule has 0 aromatic heterocycles. The van der Waals surface area contributed by atoms with E-state index >= 15 is 0 Å². The number of nitrogens with one attached hydrogen (secondary N) is 1. The maximum Gasteiger partial charge on any atom is 0.240 e. The van der Waals surface area contributed by atoms with Gasteiger partial charge in [0.1, 0.15) is 6.54 Å². The smallest absolute Gasteiger partial charge is 0.240 e. The van der Waals surface area contributed by atoms with Crippen molar-refractivity contribution in [3.63, 3.8) is 0 Å². The Bertz CT molecular complexity index is 500. The SMILES string of the molecule is COCCCNC(=O)CN(C(C)=O)c1ccc(C)cc1C. The number of carbonyl (C=O) groups is 2. The Hall–Kier alpha value is -1.88. The average molecular weight is 292 g/mol. The van der Waals surface area contributed by atoms with Crippen molar-refractivity contribution in [2.24, 2.45) is 0 Å². The van der Waals surface area contributed by atoms with E-state index in [1.54, 1.807) is 7.11 Å². The van der Waals surface area contributed by atoms with Gasteiger partial charge in [0.25, 0.3) is 0 Å². The Morgan fingerprint density at radius 2 is 2.00 bits per heavy atom. The van der Waals surface area contributed by atoms with Gasteiger partial charge in [0.15, 0.2) is 0 Å². The number of nitrogens with zero attached hydrogens (tertiary/aromatic N) is 1. The molecule has 0 saturated heterocycles. The number of hydrogen-bond acceptors (Lipinski definition) is 3. The fourth-order valence-electron chi connectivity index (χ4n) is 2.12. The van der Waals surface area contributed by atoms with Crippen LogP contribution in [0, 0.1) is 13.8 Å². The molecule has 0 aliphatic rings. The summed E-state index contributed by atoms with van der Waals surface area (Å²) in [5.41, 5.74) is 2.89. The van der Waals surface area contributed by atoms with Crippen LogP contribution in [-0.4, -0.2) is 38.6 Å². The molecule has 0 aliphatic heterocycles. The van der Waals surface area contributed by atoms with E-state index in [0.717, 1.165) is 23.2 Å². The third kappa shape index (κ3) is 5.55. The van der Waals surface area contributed by atoms with Crippen LogP contribution >= 0.6 is 0 Å². The van der Waals surface area contributed by atoms with Crippen LogP contribution < -0.4 is 10.2 Å². The molecule has 0 unspecified atom stereocenters. The Morgan fingerprint density at radius 1 is 1.29 bits per heavy atom. The second-order valence-electron chi connectivity index (χ2n) is 5.09. The zero-order valence-corrected chi connectivity index (χ0v) is 13.2. The number of benzene rings is 1. The van der Waals surface area contributed by atoms with Crippen molar-refractivity contribution >= 4 is 17.5 Å². The number of carbonyl (C=O) groups excluding carboxylic acids is 2. The highest BCUT2D eigenvalue weighted by molar-refractivity contribution is 5.98. The normalized spacial score (nSPS) is 10.3. The van der Waals surface area contributed by atoms with Crippen molar-refractivity contribution in [3.8, 4) is 0 Å². The highest BCUT2D eigenvalue weighted by Gasteiger charge is 2.17. The predicted molar refractivity (Wildman–Crippen MR) is 83.4 cm³/mol. The lowest BCUT2D eigenvalue weighted by Crippen LogP contribution is -2.40. The summed E-state index contributed by atoms with van der Waals surface area (Å²) in [6, 6.07) is 5.82. The minimum Gasteiger partial charge on any atom is -0.385 e. The first-order chi connectivity index (χ1) is 9.95. The van der Waals surface area contributed by atoms with Gasteiger partial charge in [-0.15, -0.1) is 0 Å². The van der Waals surface area contributed by atoms with E-state index in [-0.39, 0.29) is 18.4 Å². The summed E-state index contributed by atoms with van der Waals surface area (Å²) >= 11 is 0. The lowest BCUT2D eigenvalue weighted by Gasteiger charge is -2.23. The number of aryl methyl sites for hydroxylation is 2. The predicted octanol–water partition coefficient (Wildman–Crippen LogP) is 1.81. The highest BCUT2D eigenvalue weighted by atomic mass is 16.5. The van der Waals surface area contributed by atoms with Gasteiger partial charge in [-0.25, -0.2) is 0 Å². The monoisotopic (exact) mass is 292 g/mol. The van der Waals surface area contributed by atoms with Gasteiger partial charge in [0, 0.05) is 32.9 Å². The van der Waals surface area contributed by atoms with Crippen LogP contribution in [0.2, 0.25) is 0 Å². The zero-order chi connectivity index (χ0) is 15.8. The second kappa shape index (κ2) is 8.42. The Morgan fingerprint density at radius 3 is 2.57 bits per heavy atom. The van der Waals surface area contributed by atoms with E-state index in [1.807, 2.05) is 32.0 Å². The van der Waals surface area contributed by atoms with Crippen molar-refractivity contribution < 1.29 is 14.3 Å². The number of hydrogen-bond donors (Lipinski definition) is 1. The summed E-state index contributed by atoms with van der Waals surface area (Å²) in [5, 5.41) is 2.79. The number of ether oxygens (including phenoxy) is 1. The lowest BCUT2D eigenvalue weighted by molar-refractivity contribution is -0.123. The highest BCUT2D eigenvalue weighted by Crippen LogP contribution is 2.21. The van der Waals surface area contributed by atoms with Crippen molar-refractivity contribution in [1.82, 2.24) is 5.32 Å². The second-order valence-corrected chi connectivity index (χ2v) is 5.09. The van der Waals surface area contributed by atoms with Crippen LogP contribution in [0.5, 0.6) is 0 Å². The summed E-state index contributed by atoms with van der Waals surface area (Å²) in [7, 11) is 1.62. The van der Waals surface area contributed by atoms with Crippen molar-refractivity contribution in [2.75, 3.05) is 31.7 Å². The van der Waals surface area contributed by atoms with Crippen LogP contribution in [0.15, 0.2) is 18.2 Å².